The molecule has 33 heavy (non-hydrogen) atoms. The van der Waals surface area contributed by atoms with Crippen LogP contribution in [0.5, 0.6) is 5.75 Å². The van der Waals surface area contributed by atoms with Gasteiger partial charge in [0.25, 0.3) is 15.9 Å². The number of amides is 1. The van der Waals surface area contributed by atoms with E-state index >= 15 is 0 Å². The number of sulfonamides is 1. The normalized spacial score (nSPS) is 10.9. The third-order valence-electron chi connectivity index (χ3n) is 4.57. The van der Waals surface area contributed by atoms with E-state index in [2.05, 4.69) is 14.8 Å². The van der Waals surface area contributed by atoms with Crippen LogP contribution in [0.4, 0.5) is 11.4 Å². The van der Waals surface area contributed by atoms with Gasteiger partial charge in [-0.2, -0.15) is 0 Å². The van der Waals surface area contributed by atoms with Crippen molar-refractivity contribution >= 4 is 33.3 Å². The van der Waals surface area contributed by atoms with Gasteiger partial charge in [0.05, 0.1) is 17.6 Å². The Labute approximate surface area is 192 Å². The fourth-order valence-corrected chi connectivity index (χ4v) is 4.16. The molecule has 0 unspecified atom stereocenters. The molecule has 0 aromatic heterocycles. The zero-order valence-electron chi connectivity index (χ0n) is 18.4. The summed E-state index contributed by atoms with van der Waals surface area (Å²) in [5.74, 6) is -0.531. The second-order valence-corrected chi connectivity index (χ2v) is 9.04. The van der Waals surface area contributed by atoms with Gasteiger partial charge in [-0.15, -0.1) is 0 Å². The SMILES string of the molecule is COC(=O)c1ccc(NC(=O)COc2ccc(S(=O)(=O)Nc3cc(C)cc(C)c3)cc2)cc1. The molecule has 3 aromatic rings. The number of nitrogens with one attached hydrogen (secondary N) is 2. The van der Waals surface area contributed by atoms with E-state index in [1.54, 1.807) is 24.3 Å². The molecule has 0 radical (unpaired) electrons. The second kappa shape index (κ2) is 10.2. The van der Waals surface area contributed by atoms with Crippen molar-refractivity contribution in [2.45, 2.75) is 18.7 Å². The van der Waals surface area contributed by atoms with E-state index in [0.29, 0.717) is 22.7 Å². The number of ether oxygens (including phenoxy) is 2. The molecule has 3 aromatic carbocycles. The van der Waals surface area contributed by atoms with Gasteiger partial charge in [0, 0.05) is 11.4 Å². The van der Waals surface area contributed by atoms with E-state index in [0.717, 1.165) is 11.1 Å². The summed E-state index contributed by atoms with van der Waals surface area (Å²) in [6.07, 6.45) is 0. The van der Waals surface area contributed by atoms with Gasteiger partial charge in [-0.05, 0) is 85.6 Å². The number of esters is 1. The highest BCUT2D eigenvalue weighted by molar-refractivity contribution is 7.92. The molecule has 8 nitrogen and oxygen atoms in total. The highest BCUT2D eigenvalue weighted by Gasteiger charge is 2.15. The Hall–Kier alpha value is -3.85. The molecule has 0 aliphatic rings. The molecule has 1 amide bonds. The monoisotopic (exact) mass is 468 g/mol. The van der Waals surface area contributed by atoms with E-state index in [4.69, 9.17) is 4.74 Å². The Morgan fingerprint density at radius 1 is 0.848 bits per heavy atom. The molecule has 0 saturated carbocycles. The van der Waals surface area contributed by atoms with Crippen LogP contribution < -0.4 is 14.8 Å². The van der Waals surface area contributed by atoms with Crippen LogP contribution in [0.25, 0.3) is 0 Å². The first-order valence-corrected chi connectivity index (χ1v) is 11.5. The third kappa shape index (κ3) is 6.56. The summed E-state index contributed by atoms with van der Waals surface area (Å²) in [6, 6.07) is 17.5. The minimum Gasteiger partial charge on any atom is -0.484 e. The number of carbonyl (C=O) groups is 2. The maximum atomic E-state index is 12.6. The van der Waals surface area contributed by atoms with Crippen LogP contribution in [0.2, 0.25) is 0 Å². The molecule has 0 spiro atoms. The fraction of sp³-hybridized carbons (Fsp3) is 0.167. The molecule has 2 N–H and O–H groups in total. The smallest absolute Gasteiger partial charge is 0.337 e. The van der Waals surface area contributed by atoms with Crippen LogP contribution in [0.15, 0.2) is 71.6 Å². The minimum atomic E-state index is -3.77. The molecule has 0 heterocycles. The predicted molar refractivity (Wildman–Crippen MR) is 125 cm³/mol. The van der Waals surface area contributed by atoms with Gasteiger partial charge in [-0.3, -0.25) is 9.52 Å². The number of anilines is 2. The highest BCUT2D eigenvalue weighted by atomic mass is 32.2. The van der Waals surface area contributed by atoms with Crippen LogP contribution >= 0.6 is 0 Å². The van der Waals surface area contributed by atoms with Gasteiger partial charge in [0.15, 0.2) is 6.61 Å². The van der Waals surface area contributed by atoms with Crippen molar-refractivity contribution in [3.8, 4) is 5.75 Å². The van der Waals surface area contributed by atoms with E-state index in [-0.39, 0.29) is 11.5 Å². The van der Waals surface area contributed by atoms with E-state index in [1.165, 1.54) is 43.5 Å². The first-order valence-electron chi connectivity index (χ1n) is 9.98. The van der Waals surface area contributed by atoms with Crippen molar-refractivity contribution in [2.75, 3.05) is 23.8 Å². The van der Waals surface area contributed by atoms with E-state index < -0.39 is 21.9 Å². The van der Waals surface area contributed by atoms with Gasteiger partial charge in [0.2, 0.25) is 0 Å². The van der Waals surface area contributed by atoms with Crippen LogP contribution in [0.3, 0.4) is 0 Å². The Morgan fingerprint density at radius 3 is 2.03 bits per heavy atom. The second-order valence-electron chi connectivity index (χ2n) is 7.36. The molecule has 172 valence electrons. The van der Waals surface area contributed by atoms with Crippen molar-refractivity contribution in [3.63, 3.8) is 0 Å². The lowest BCUT2D eigenvalue weighted by atomic mass is 10.1. The number of benzene rings is 3. The molecule has 3 rings (SSSR count). The largest absolute Gasteiger partial charge is 0.484 e. The maximum absolute atomic E-state index is 12.6. The molecular formula is C24H24N2O6S. The number of carbonyl (C=O) groups excluding carboxylic acids is 2. The summed E-state index contributed by atoms with van der Waals surface area (Å²) in [5, 5.41) is 2.65. The van der Waals surface area contributed by atoms with Gasteiger partial charge < -0.3 is 14.8 Å². The van der Waals surface area contributed by atoms with Gasteiger partial charge >= 0.3 is 5.97 Å². The van der Waals surface area contributed by atoms with E-state index in [9.17, 15) is 18.0 Å². The van der Waals surface area contributed by atoms with Crippen molar-refractivity contribution in [1.82, 2.24) is 0 Å². The molecule has 0 fully saturated rings. The summed E-state index contributed by atoms with van der Waals surface area (Å²) < 4.78 is 37.9. The van der Waals surface area contributed by atoms with Crippen LogP contribution in [0.1, 0.15) is 21.5 Å². The molecule has 0 aliphatic heterocycles. The number of rotatable bonds is 8. The minimum absolute atomic E-state index is 0.0733. The van der Waals surface area contributed by atoms with Crippen LogP contribution in [0, 0.1) is 13.8 Å². The van der Waals surface area contributed by atoms with Gasteiger partial charge in [-0.1, -0.05) is 6.07 Å². The van der Waals surface area contributed by atoms with Crippen molar-refractivity contribution in [1.29, 1.82) is 0 Å². The predicted octanol–water partition coefficient (Wildman–Crippen LogP) is 3.91. The summed E-state index contributed by atoms with van der Waals surface area (Å²) in [5.41, 5.74) is 3.26. The summed E-state index contributed by atoms with van der Waals surface area (Å²) in [4.78, 5) is 23.6. The molecule has 0 aliphatic carbocycles. The molecule has 0 bridgehead atoms. The molecular weight excluding hydrogens is 444 g/mol. The van der Waals surface area contributed by atoms with Crippen molar-refractivity contribution in [3.05, 3.63) is 83.4 Å². The van der Waals surface area contributed by atoms with Crippen LogP contribution in [-0.4, -0.2) is 34.0 Å². The zero-order chi connectivity index (χ0) is 24.0. The molecule has 0 saturated heterocycles. The number of methoxy groups -OCH3 is 1. The number of hydrogen-bond donors (Lipinski definition) is 2. The average Bonchev–Trinajstić information content (AvgIpc) is 2.77. The topological polar surface area (TPSA) is 111 Å². The lowest BCUT2D eigenvalue weighted by Gasteiger charge is -2.11. The Bertz CT molecular complexity index is 1230. The van der Waals surface area contributed by atoms with Crippen molar-refractivity contribution in [2.24, 2.45) is 0 Å². The quantitative estimate of drug-likeness (QED) is 0.485. The highest BCUT2D eigenvalue weighted by Crippen LogP contribution is 2.21. The summed E-state index contributed by atoms with van der Waals surface area (Å²) in [6.45, 7) is 3.51. The Kier molecular flexibility index (Phi) is 7.34. The van der Waals surface area contributed by atoms with Gasteiger partial charge in [-0.25, -0.2) is 13.2 Å². The van der Waals surface area contributed by atoms with Crippen LogP contribution in [-0.2, 0) is 19.6 Å². The molecule has 0 atom stereocenters. The lowest BCUT2D eigenvalue weighted by molar-refractivity contribution is -0.118. The Balaban J connectivity index is 1.56. The third-order valence-corrected chi connectivity index (χ3v) is 5.96. The number of aryl methyl sites for hydroxylation is 2. The number of hydrogen-bond acceptors (Lipinski definition) is 6. The fourth-order valence-electron chi connectivity index (χ4n) is 3.12. The van der Waals surface area contributed by atoms with Gasteiger partial charge in [0.1, 0.15) is 5.75 Å². The lowest BCUT2D eigenvalue weighted by Crippen LogP contribution is -2.20. The van der Waals surface area contributed by atoms with E-state index in [1.807, 2.05) is 19.9 Å². The first kappa shape index (κ1) is 23.8. The standard InChI is InChI=1S/C24H24N2O6S/c1-16-12-17(2)14-20(13-16)26-33(29,30)22-10-8-21(9-11-22)32-15-23(27)25-19-6-4-18(5-7-19)24(28)31-3/h4-14,26H,15H2,1-3H3,(H,25,27). The zero-order valence-corrected chi connectivity index (χ0v) is 19.2. The summed E-state index contributed by atoms with van der Waals surface area (Å²) in [7, 11) is -2.47. The average molecular weight is 469 g/mol. The Morgan fingerprint density at radius 2 is 1.45 bits per heavy atom. The van der Waals surface area contributed by atoms with Crippen molar-refractivity contribution < 1.29 is 27.5 Å². The first-order chi connectivity index (χ1) is 15.7. The molecule has 9 heteroatoms. The summed E-state index contributed by atoms with van der Waals surface area (Å²) >= 11 is 0. The maximum Gasteiger partial charge on any atom is 0.337 e.